The highest BCUT2D eigenvalue weighted by atomic mass is 32.2. The molecule has 2 aliphatic heterocycles. The van der Waals surface area contributed by atoms with Gasteiger partial charge in [-0.05, 0) is 23.1 Å². The number of fused-ring (bicyclic) bond motifs is 3. The summed E-state index contributed by atoms with van der Waals surface area (Å²) >= 11 is 5.89. The molecule has 1 fully saturated rings. The van der Waals surface area contributed by atoms with Crippen LogP contribution in [-0.2, 0) is 27.2 Å². The van der Waals surface area contributed by atoms with E-state index in [1.54, 1.807) is 0 Å². The zero-order valence-electron chi connectivity index (χ0n) is 16.1. The number of thiol groups is 1. The molecule has 2 aromatic carbocycles. The van der Waals surface area contributed by atoms with E-state index in [1.807, 2.05) is 54.6 Å². The van der Waals surface area contributed by atoms with Gasteiger partial charge in [0.05, 0.1) is 5.25 Å². The van der Waals surface area contributed by atoms with Crippen LogP contribution < -0.4 is 5.32 Å². The quantitative estimate of drug-likeness (QED) is 0.619. The minimum Gasteiger partial charge on any atom is -0.480 e. The summed E-state index contributed by atoms with van der Waals surface area (Å²) in [6.07, 6.45) is 0.764. The average molecular weight is 443 g/mol. The molecule has 156 valence electrons. The van der Waals surface area contributed by atoms with Crippen molar-refractivity contribution in [2.45, 2.75) is 35.5 Å². The summed E-state index contributed by atoms with van der Waals surface area (Å²) < 4.78 is 0. The average Bonchev–Trinajstić information content (AvgIpc) is 3.15. The van der Waals surface area contributed by atoms with Crippen LogP contribution in [0.25, 0.3) is 0 Å². The van der Waals surface area contributed by atoms with Gasteiger partial charge in [0.25, 0.3) is 0 Å². The lowest BCUT2D eigenvalue weighted by Crippen LogP contribution is -2.53. The van der Waals surface area contributed by atoms with Crippen molar-refractivity contribution in [3.63, 3.8) is 0 Å². The molecule has 2 aliphatic rings. The molecule has 0 spiro atoms. The molecule has 6 nitrogen and oxygen atoms in total. The second kappa shape index (κ2) is 8.73. The Labute approximate surface area is 184 Å². The molecule has 0 aliphatic carbocycles. The normalized spacial score (nSPS) is 23.8. The first-order chi connectivity index (χ1) is 14.5. The van der Waals surface area contributed by atoms with Crippen LogP contribution in [0.3, 0.4) is 0 Å². The van der Waals surface area contributed by atoms with Crippen LogP contribution in [0.4, 0.5) is 0 Å². The number of nitrogens with one attached hydrogen (secondary N) is 1. The minimum absolute atomic E-state index is 0.323. The van der Waals surface area contributed by atoms with Gasteiger partial charge >= 0.3 is 5.97 Å². The Kier molecular flexibility index (Phi) is 6.06. The number of carboxylic acids is 1. The van der Waals surface area contributed by atoms with Gasteiger partial charge in [-0.2, -0.15) is 12.6 Å². The van der Waals surface area contributed by atoms with Crippen LogP contribution in [0.5, 0.6) is 0 Å². The first-order valence-corrected chi connectivity index (χ1v) is 11.3. The largest absolute Gasteiger partial charge is 0.480 e. The zero-order valence-corrected chi connectivity index (χ0v) is 17.8. The number of carbonyl (C=O) groups is 3. The van der Waals surface area contributed by atoms with E-state index < -0.39 is 23.3 Å². The monoisotopic (exact) mass is 442 g/mol. The lowest BCUT2D eigenvalue weighted by molar-refractivity contribution is -0.150. The van der Waals surface area contributed by atoms with Gasteiger partial charge in [-0.1, -0.05) is 54.6 Å². The molecule has 30 heavy (non-hydrogen) atoms. The van der Waals surface area contributed by atoms with E-state index in [1.165, 1.54) is 16.7 Å². The van der Waals surface area contributed by atoms with Crippen LogP contribution >= 0.6 is 24.4 Å². The van der Waals surface area contributed by atoms with Crippen LogP contribution in [0.1, 0.15) is 22.1 Å². The van der Waals surface area contributed by atoms with Crippen LogP contribution in [0, 0.1) is 0 Å². The fourth-order valence-corrected chi connectivity index (χ4v) is 5.74. The number of carboxylic acid groups (broad SMARTS) is 1. The molecule has 4 rings (SSSR count). The van der Waals surface area contributed by atoms with Crippen molar-refractivity contribution in [3.8, 4) is 0 Å². The van der Waals surface area contributed by atoms with Crippen LogP contribution in [-0.4, -0.2) is 50.9 Å². The van der Waals surface area contributed by atoms with Crippen molar-refractivity contribution in [2.24, 2.45) is 0 Å². The summed E-state index contributed by atoms with van der Waals surface area (Å²) in [5.41, 5.74) is 2.86. The zero-order chi connectivity index (χ0) is 21.3. The van der Waals surface area contributed by atoms with E-state index in [-0.39, 0.29) is 17.2 Å². The van der Waals surface area contributed by atoms with Gasteiger partial charge in [-0.25, -0.2) is 4.79 Å². The van der Waals surface area contributed by atoms with Crippen LogP contribution in [0.15, 0.2) is 54.6 Å². The van der Waals surface area contributed by atoms with Crippen molar-refractivity contribution < 1.29 is 19.5 Å². The lowest BCUT2D eigenvalue weighted by Gasteiger charge is -2.29. The molecule has 2 heterocycles. The summed E-state index contributed by atoms with van der Waals surface area (Å²) in [4.78, 5) is 39.3. The Bertz CT molecular complexity index is 969. The van der Waals surface area contributed by atoms with Gasteiger partial charge in [-0.15, -0.1) is 11.8 Å². The third-order valence-corrected chi connectivity index (χ3v) is 7.20. The van der Waals surface area contributed by atoms with Crippen molar-refractivity contribution in [1.82, 2.24) is 10.2 Å². The second-order valence-corrected chi connectivity index (χ2v) is 9.19. The smallest absolute Gasteiger partial charge is 0.327 e. The maximum absolute atomic E-state index is 13.3. The SMILES string of the molecule is O=C(N[C@H]1Cc2ccccc2[C@@H]2SC[C@@H](C(=O)O)N2C1=O)C(S)Cc1ccccc1. The standard InChI is InChI=1S/C22H22N2O4S2/c25-19(18(29)10-13-6-2-1-3-7-13)23-16-11-14-8-4-5-9-15(14)21-24(20(16)26)17(12-30-21)22(27)28/h1-9,16-18,21,29H,10-12H2,(H,23,25)(H,27,28)/t16-,17-,18?,21-/m0/s1. The number of amides is 2. The molecular formula is C22H22N2O4S2. The first-order valence-electron chi connectivity index (χ1n) is 9.72. The Morgan fingerprint density at radius 2 is 1.87 bits per heavy atom. The molecule has 8 heteroatoms. The minimum atomic E-state index is -1.03. The van der Waals surface area contributed by atoms with Gasteiger partial charge in [0.1, 0.15) is 17.5 Å². The third-order valence-electron chi connectivity index (χ3n) is 5.47. The Morgan fingerprint density at radius 1 is 1.17 bits per heavy atom. The van der Waals surface area contributed by atoms with Crippen LogP contribution in [0.2, 0.25) is 0 Å². The summed E-state index contributed by atoms with van der Waals surface area (Å²) in [6, 6.07) is 15.5. The summed E-state index contributed by atoms with van der Waals surface area (Å²) in [6.45, 7) is 0. The van der Waals surface area contributed by atoms with Crippen molar-refractivity contribution in [2.75, 3.05) is 5.75 Å². The molecule has 2 amide bonds. The van der Waals surface area contributed by atoms with E-state index in [9.17, 15) is 19.5 Å². The fraction of sp³-hybridized carbons (Fsp3) is 0.318. The summed E-state index contributed by atoms with van der Waals surface area (Å²) in [5, 5.41) is 11.5. The van der Waals surface area contributed by atoms with Gasteiger partial charge in [0.2, 0.25) is 11.8 Å². The molecule has 2 N–H and O–H groups in total. The number of benzene rings is 2. The number of hydrogen-bond acceptors (Lipinski definition) is 5. The van der Waals surface area contributed by atoms with Gasteiger partial charge < -0.3 is 15.3 Å². The molecule has 0 aromatic heterocycles. The number of rotatable bonds is 5. The lowest BCUT2D eigenvalue weighted by atomic mass is 10.0. The topological polar surface area (TPSA) is 86.7 Å². The summed E-state index contributed by atoms with van der Waals surface area (Å²) in [7, 11) is 0. The number of aliphatic carboxylic acids is 1. The van der Waals surface area contributed by atoms with E-state index >= 15 is 0 Å². The Balaban J connectivity index is 1.57. The molecular weight excluding hydrogens is 420 g/mol. The first kappa shape index (κ1) is 20.8. The number of nitrogens with zero attached hydrogens (tertiary/aromatic N) is 1. The summed E-state index contributed by atoms with van der Waals surface area (Å²) in [5.74, 6) is -1.40. The highest BCUT2D eigenvalue weighted by molar-refractivity contribution is 7.99. The van der Waals surface area contributed by atoms with Gasteiger partial charge in [0, 0.05) is 12.2 Å². The molecule has 1 unspecified atom stereocenters. The number of carbonyl (C=O) groups excluding carboxylic acids is 2. The highest BCUT2D eigenvalue weighted by Gasteiger charge is 2.47. The number of hydrogen-bond donors (Lipinski definition) is 3. The van der Waals surface area contributed by atoms with Crippen molar-refractivity contribution in [3.05, 3.63) is 71.3 Å². The highest BCUT2D eigenvalue weighted by Crippen LogP contribution is 2.44. The maximum atomic E-state index is 13.3. The number of thioether (sulfide) groups is 1. The predicted molar refractivity (Wildman–Crippen MR) is 118 cm³/mol. The molecule has 0 bridgehead atoms. The Hall–Kier alpha value is -2.45. The molecule has 0 radical (unpaired) electrons. The van der Waals surface area contributed by atoms with E-state index in [0.717, 1.165) is 16.7 Å². The molecule has 0 saturated carbocycles. The second-order valence-electron chi connectivity index (χ2n) is 7.45. The van der Waals surface area contributed by atoms with E-state index in [4.69, 9.17) is 0 Å². The van der Waals surface area contributed by atoms with Gasteiger partial charge in [0.15, 0.2) is 0 Å². The Morgan fingerprint density at radius 3 is 2.60 bits per heavy atom. The third kappa shape index (κ3) is 4.06. The molecule has 2 aromatic rings. The predicted octanol–water partition coefficient (Wildman–Crippen LogP) is 2.30. The van der Waals surface area contributed by atoms with E-state index in [0.29, 0.717) is 18.6 Å². The maximum Gasteiger partial charge on any atom is 0.327 e. The fourth-order valence-electron chi connectivity index (χ4n) is 3.96. The molecule has 1 saturated heterocycles. The van der Waals surface area contributed by atoms with Crippen molar-refractivity contribution in [1.29, 1.82) is 0 Å². The molecule has 4 atom stereocenters. The van der Waals surface area contributed by atoms with Gasteiger partial charge in [-0.3, -0.25) is 9.59 Å². The van der Waals surface area contributed by atoms with Crippen molar-refractivity contribution >= 4 is 42.2 Å². The van der Waals surface area contributed by atoms with E-state index in [2.05, 4.69) is 17.9 Å².